The summed E-state index contributed by atoms with van der Waals surface area (Å²) >= 11 is 0. The maximum atomic E-state index is 13.6. The van der Waals surface area contributed by atoms with Crippen LogP contribution in [0.1, 0.15) is 30.5 Å². The second-order valence-corrected chi connectivity index (χ2v) is 9.98. The largest absolute Gasteiger partial charge is 0.496 e. The molecule has 0 radical (unpaired) electrons. The van der Waals surface area contributed by atoms with E-state index in [4.69, 9.17) is 14.2 Å². The van der Waals surface area contributed by atoms with Crippen LogP contribution in [-0.2, 0) is 14.8 Å². The van der Waals surface area contributed by atoms with Gasteiger partial charge >= 0.3 is 0 Å². The maximum Gasteiger partial charge on any atom is 0.264 e. The first kappa shape index (κ1) is 26.9. The Morgan fingerprint density at radius 1 is 0.889 bits per heavy atom. The summed E-state index contributed by atoms with van der Waals surface area (Å²) in [5.41, 5.74) is 2.13. The third-order valence-corrected chi connectivity index (χ3v) is 7.63. The van der Waals surface area contributed by atoms with Crippen molar-refractivity contribution < 1.29 is 27.4 Å². The van der Waals surface area contributed by atoms with Gasteiger partial charge in [-0.15, -0.1) is 0 Å². The molecular weight excluding hydrogens is 480 g/mol. The molecule has 0 saturated carbocycles. The first-order valence-corrected chi connectivity index (χ1v) is 12.9. The molecule has 36 heavy (non-hydrogen) atoms. The highest BCUT2D eigenvalue weighted by Crippen LogP contribution is 2.34. The number of ether oxygens (including phenoxy) is 3. The lowest BCUT2D eigenvalue weighted by atomic mass is 10.0. The van der Waals surface area contributed by atoms with E-state index in [2.05, 4.69) is 5.32 Å². The van der Waals surface area contributed by atoms with Gasteiger partial charge in [-0.1, -0.05) is 37.3 Å². The summed E-state index contributed by atoms with van der Waals surface area (Å²) in [7, 11) is 0.512. The number of benzene rings is 3. The first-order chi connectivity index (χ1) is 17.2. The van der Waals surface area contributed by atoms with Crippen molar-refractivity contribution in [2.24, 2.45) is 0 Å². The van der Waals surface area contributed by atoms with Gasteiger partial charge in [-0.2, -0.15) is 0 Å². The number of nitrogens with zero attached hydrogens (tertiary/aromatic N) is 1. The Balaban J connectivity index is 1.95. The van der Waals surface area contributed by atoms with Crippen LogP contribution >= 0.6 is 0 Å². The third kappa shape index (κ3) is 5.91. The van der Waals surface area contributed by atoms with Crippen molar-refractivity contribution in [3.05, 3.63) is 77.9 Å². The third-order valence-electron chi connectivity index (χ3n) is 5.84. The Labute approximate surface area is 212 Å². The van der Waals surface area contributed by atoms with Crippen molar-refractivity contribution in [2.45, 2.75) is 31.2 Å². The Morgan fingerprint density at radius 2 is 1.53 bits per heavy atom. The lowest BCUT2D eigenvalue weighted by Gasteiger charge is -2.26. The van der Waals surface area contributed by atoms with E-state index in [9.17, 15) is 13.2 Å². The maximum absolute atomic E-state index is 13.6. The predicted molar refractivity (Wildman–Crippen MR) is 139 cm³/mol. The monoisotopic (exact) mass is 512 g/mol. The highest BCUT2D eigenvalue weighted by molar-refractivity contribution is 7.92. The van der Waals surface area contributed by atoms with Crippen molar-refractivity contribution in [2.75, 3.05) is 32.2 Å². The van der Waals surface area contributed by atoms with Crippen molar-refractivity contribution in [3.63, 3.8) is 0 Å². The van der Waals surface area contributed by atoms with Crippen LogP contribution in [-0.4, -0.2) is 42.2 Å². The molecular formula is C27H32N2O6S. The lowest BCUT2D eigenvalue weighted by molar-refractivity contribution is -0.120. The normalized spacial score (nSPS) is 11.9. The number of sulfonamides is 1. The highest BCUT2D eigenvalue weighted by atomic mass is 32.2. The Morgan fingerprint density at radius 3 is 2.11 bits per heavy atom. The van der Waals surface area contributed by atoms with Crippen molar-refractivity contribution in [1.29, 1.82) is 0 Å². The fourth-order valence-electron chi connectivity index (χ4n) is 3.92. The number of nitrogens with one attached hydrogen (secondary N) is 1. The molecule has 3 aromatic rings. The fraction of sp³-hybridized carbons (Fsp3) is 0.296. The fourth-order valence-corrected chi connectivity index (χ4v) is 5.36. The van der Waals surface area contributed by atoms with Crippen LogP contribution in [0, 0.1) is 6.92 Å². The molecule has 0 spiro atoms. The molecule has 1 atom stereocenters. The lowest BCUT2D eigenvalue weighted by Crippen LogP contribution is -2.42. The van der Waals surface area contributed by atoms with E-state index < -0.39 is 22.5 Å². The van der Waals surface area contributed by atoms with Gasteiger partial charge in [0.2, 0.25) is 5.91 Å². The van der Waals surface area contributed by atoms with Gasteiger partial charge in [0.1, 0.15) is 12.3 Å². The van der Waals surface area contributed by atoms with E-state index in [1.165, 1.54) is 32.4 Å². The Hall–Kier alpha value is -3.72. The van der Waals surface area contributed by atoms with Crippen LogP contribution in [0.25, 0.3) is 0 Å². The molecule has 3 rings (SSSR count). The average molecular weight is 513 g/mol. The smallest absolute Gasteiger partial charge is 0.264 e. The summed E-state index contributed by atoms with van der Waals surface area (Å²) in [6.45, 7) is 3.47. The summed E-state index contributed by atoms with van der Waals surface area (Å²) in [5.74, 6) is 1.12. The number of hydrogen-bond donors (Lipinski definition) is 1. The molecule has 192 valence electrons. The number of amides is 1. The Kier molecular flexibility index (Phi) is 8.82. The van der Waals surface area contributed by atoms with Gasteiger partial charge < -0.3 is 19.5 Å². The molecule has 9 heteroatoms. The summed E-state index contributed by atoms with van der Waals surface area (Å²) < 4.78 is 44.3. The van der Waals surface area contributed by atoms with Gasteiger partial charge in [0.25, 0.3) is 10.0 Å². The summed E-state index contributed by atoms with van der Waals surface area (Å²) in [6, 6.07) is 18.1. The van der Waals surface area contributed by atoms with E-state index in [-0.39, 0.29) is 16.6 Å². The van der Waals surface area contributed by atoms with Gasteiger partial charge in [-0.25, -0.2) is 8.42 Å². The first-order valence-electron chi connectivity index (χ1n) is 11.5. The number of anilines is 1. The zero-order valence-electron chi connectivity index (χ0n) is 21.1. The van der Waals surface area contributed by atoms with Gasteiger partial charge in [0.05, 0.1) is 38.0 Å². The molecule has 1 amide bonds. The molecule has 0 bridgehead atoms. The molecule has 0 aliphatic rings. The minimum atomic E-state index is -4.06. The number of aryl methyl sites for hydroxylation is 1. The zero-order chi connectivity index (χ0) is 26.3. The molecule has 1 unspecified atom stereocenters. The second kappa shape index (κ2) is 11.8. The van der Waals surface area contributed by atoms with E-state index in [1.807, 2.05) is 32.0 Å². The molecule has 8 nitrogen and oxygen atoms in total. The van der Waals surface area contributed by atoms with Gasteiger partial charge in [0.15, 0.2) is 11.5 Å². The number of carbonyl (C=O) groups excluding carboxylic acids is 1. The highest BCUT2D eigenvalue weighted by Gasteiger charge is 2.29. The van der Waals surface area contributed by atoms with E-state index in [0.29, 0.717) is 17.9 Å². The molecule has 0 aliphatic carbocycles. The standard InChI is InChI=1S/C27H32N2O6S/c1-6-23(20-12-14-24(33-3)19(2)16-20)28-27(30)18-29(36(31,32)22-10-8-7-9-11-22)21-13-15-25(34-4)26(17-21)35-5/h7-17,23H,6,18H2,1-5H3,(H,28,30). The molecule has 0 saturated heterocycles. The minimum absolute atomic E-state index is 0.0744. The van der Waals surface area contributed by atoms with Crippen molar-refractivity contribution in [1.82, 2.24) is 5.32 Å². The van der Waals surface area contributed by atoms with E-state index in [1.54, 1.807) is 37.4 Å². The topological polar surface area (TPSA) is 94.2 Å². The van der Waals surface area contributed by atoms with Gasteiger partial charge in [-0.3, -0.25) is 9.10 Å². The summed E-state index contributed by atoms with van der Waals surface area (Å²) in [5, 5.41) is 2.98. The van der Waals surface area contributed by atoms with E-state index in [0.717, 1.165) is 21.2 Å². The van der Waals surface area contributed by atoms with Crippen LogP contribution in [0.15, 0.2) is 71.6 Å². The zero-order valence-corrected chi connectivity index (χ0v) is 22.0. The quantitative estimate of drug-likeness (QED) is 0.407. The molecule has 0 aliphatic heterocycles. The molecule has 0 fully saturated rings. The van der Waals surface area contributed by atoms with Gasteiger partial charge in [-0.05, 0) is 54.8 Å². The van der Waals surface area contributed by atoms with Crippen LogP contribution < -0.4 is 23.8 Å². The van der Waals surface area contributed by atoms with Crippen LogP contribution in [0.4, 0.5) is 5.69 Å². The summed E-state index contributed by atoms with van der Waals surface area (Å²) in [4.78, 5) is 13.3. The SMILES string of the molecule is CCC(NC(=O)CN(c1ccc(OC)c(OC)c1)S(=O)(=O)c1ccccc1)c1ccc(OC)c(C)c1. The Bertz CT molecular complexity index is 1290. The van der Waals surface area contributed by atoms with Crippen molar-refractivity contribution in [3.8, 4) is 17.2 Å². The van der Waals surface area contributed by atoms with Crippen LogP contribution in [0.5, 0.6) is 17.2 Å². The predicted octanol–water partition coefficient (Wildman–Crippen LogP) is 4.48. The summed E-state index contributed by atoms with van der Waals surface area (Å²) in [6.07, 6.45) is 0.624. The van der Waals surface area contributed by atoms with E-state index >= 15 is 0 Å². The van der Waals surface area contributed by atoms with Crippen LogP contribution in [0.3, 0.4) is 0 Å². The number of carbonyl (C=O) groups is 1. The molecule has 0 aromatic heterocycles. The minimum Gasteiger partial charge on any atom is -0.496 e. The van der Waals surface area contributed by atoms with Crippen molar-refractivity contribution >= 4 is 21.6 Å². The molecule has 3 aromatic carbocycles. The average Bonchev–Trinajstić information content (AvgIpc) is 2.90. The van der Waals surface area contributed by atoms with Gasteiger partial charge in [0, 0.05) is 6.07 Å². The molecule has 1 N–H and O–H groups in total. The number of methoxy groups -OCH3 is 3. The molecule has 0 heterocycles. The number of rotatable bonds is 11. The van der Waals surface area contributed by atoms with Crippen LogP contribution in [0.2, 0.25) is 0 Å². The second-order valence-electron chi connectivity index (χ2n) is 8.12. The number of hydrogen-bond acceptors (Lipinski definition) is 6.